The highest BCUT2D eigenvalue weighted by Crippen LogP contribution is 2.26. The van der Waals surface area contributed by atoms with Gasteiger partial charge in [-0.1, -0.05) is 23.7 Å². The predicted octanol–water partition coefficient (Wildman–Crippen LogP) is 2.18. The Balaban J connectivity index is 1.38. The number of pyridine rings is 1. The molecule has 6 nitrogen and oxygen atoms in total. The lowest BCUT2D eigenvalue weighted by Crippen LogP contribution is -2.48. The normalized spacial score (nSPS) is 18.5. The van der Waals surface area contributed by atoms with E-state index >= 15 is 0 Å². The van der Waals surface area contributed by atoms with Gasteiger partial charge in [0.25, 0.3) is 0 Å². The van der Waals surface area contributed by atoms with E-state index in [1.54, 1.807) is 0 Å². The van der Waals surface area contributed by atoms with Gasteiger partial charge in [-0.05, 0) is 29.3 Å². The van der Waals surface area contributed by atoms with E-state index in [9.17, 15) is 8.42 Å². The molecule has 0 spiro atoms. The van der Waals surface area contributed by atoms with Crippen molar-refractivity contribution in [1.29, 1.82) is 0 Å². The Morgan fingerprint density at radius 1 is 1.12 bits per heavy atom. The quantitative estimate of drug-likeness (QED) is 0.745. The number of nitrogens with zero attached hydrogens (tertiary/aromatic N) is 3. The van der Waals surface area contributed by atoms with Crippen LogP contribution in [0.1, 0.15) is 11.1 Å². The maximum absolute atomic E-state index is 12.7. The molecule has 1 saturated heterocycles. The van der Waals surface area contributed by atoms with E-state index in [1.165, 1.54) is 33.8 Å². The van der Waals surface area contributed by atoms with Crippen LogP contribution in [0.15, 0.2) is 41.4 Å². The molecule has 0 N–H and O–H groups in total. The molecule has 0 aliphatic carbocycles. The van der Waals surface area contributed by atoms with Gasteiger partial charge in [-0.2, -0.15) is 4.31 Å². The number of sulfonamides is 1. The number of fused-ring (bicyclic) bond motifs is 1. The van der Waals surface area contributed by atoms with Gasteiger partial charge in [0.1, 0.15) is 15.8 Å². The summed E-state index contributed by atoms with van der Waals surface area (Å²) in [4.78, 5) is 6.35. The minimum absolute atomic E-state index is 0.189. The van der Waals surface area contributed by atoms with Gasteiger partial charge < -0.3 is 4.74 Å². The average Bonchev–Trinajstić information content (AvgIpc) is 3.10. The third-order valence-corrected chi connectivity index (χ3v) is 6.94. The van der Waals surface area contributed by atoms with Gasteiger partial charge >= 0.3 is 0 Å². The fraction of sp³-hybridized carbons (Fsp3) is 0.389. The molecule has 0 atom stereocenters. The number of piperazine rings is 1. The number of hydrogen-bond acceptors (Lipinski definition) is 5. The van der Waals surface area contributed by atoms with Crippen molar-refractivity contribution in [2.24, 2.45) is 0 Å². The van der Waals surface area contributed by atoms with Gasteiger partial charge in [0.15, 0.2) is 0 Å². The largest absolute Gasteiger partial charge is 0.493 e. The topological polar surface area (TPSA) is 62.7 Å². The third kappa shape index (κ3) is 3.57. The van der Waals surface area contributed by atoms with Crippen molar-refractivity contribution in [2.75, 3.05) is 32.8 Å². The second kappa shape index (κ2) is 7.15. The van der Waals surface area contributed by atoms with Crippen LogP contribution in [0.25, 0.3) is 0 Å². The number of halogens is 1. The van der Waals surface area contributed by atoms with Crippen molar-refractivity contribution in [1.82, 2.24) is 14.2 Å². The SMILES string of the molecule is O=S(=O)(c1ccc(Cl)nc1)N1CCN(Cc2ccc3c(c2)CCO3)CC1. The van der Waals surface area contributed by atoms with E-state index < -0.39 is 10.0 Å². The van der Waals surface area contributed by atoms with Gasteiger partial charge in [-0.3, -0.25) is 4.90 Å². The lowest BCUT2D eigenvalue weighted by Gasteiger charge is -2.34. The Morgan fingerprint density at radius 3 is 2.65 bits per heavy atom. The third-order valence-electron chi connectivity index (χ3n) is 4.83. The summed E-state index contributed by atoms with van der Waals surface area (Å²) >= 11 is 5.74. The van der Waals surface area contributed by atoms with Crippen LogP contribution in [-0.2, 0) is 23.0 Å². The smallest absolute Gasteiger partial charge is 0.244 e. The Bertz CT molecular complexity index is 894. The molecule has 8 heteroatoms. The van der Waals surface area contributed by atoms with Gasteiger partial charge in [0.05, 0.1) is 6.61 Å². The molecule has 26 heavy (non-hydrogen) atoms. The average molecular weight is 394 g/mol. The van der Waals surface area contributed by atoms with Gasteiger partial charge in [0, 0.05) is 45.3 Å². The molecule has 2 aliphatic rings. The van der Waals surface area contributed by atoms with E-state index in [2.05, 4.69) is 22.0 Å². The summed E-state index contributed by atoms with van der Waals surface area (Å²) in [6, 6.07) is 9.33. The Hall–Kier alpha value is -1.67. The van der Waals surface area contributed by atoms with Crippen molar-refractivity contribution < 1.29 is 13.2 Å². The monoisotopic (exact) mass is 393 g/mol. The van der Waals surface area contributed by atoms with Crippen LogP contribution in [0.5, 0.6) is 5.75 Å². The van der Waals surface area contributed by atoms with Crippen LogP contribution in [0.3, 0.4) is 0 Å². The number of ether oxygens (including phenoxy) is 1. The van der Waals surface area contributed by atoms with E-state index in [0.717, 1.165) is 25.3 Å². The molecule has 0 bridgehead atoms. The summed E-state index contributed by atoms with van der Waals surface area (Å²) in [5.74, 6) is 0.987. The molecule has 0 unspecified atom stereocenters. The first-order valence-corrected chi connectivity index (χ1v) is 10.4. The maximum Gasteiger partial charge on any atom is 0.244 e. The highest BCUT2D eigenvalue weighted by molar-refractivity contribution is 7.89. The van der Waals surface area contributed by atoms with Crippen molar-refractivity contribution in [3.05, 3.63) is 52.8 Å². The summed E-state index contributed by atoms with van der Waals surface area (Å²) in [6.07, 6.45) is 2.28. The van der Waals surface area contributed by atoms with Crippen LogP contribution in [0.4, 0.5) is 0 Å². The van der Waals surface area contributed by atoms with Crippen LogP contribution < -0.4 is 4.74 Å². The van der Waals surface area contributed by atoms with E-state index in [4.69, 9.17) is 16.3 Å². The molecule has 3 heterocycles. The minimum Gasteiger partial charge on any atom is -0.493 e. The predicted molar refractivity (Wildman–Crippen MR) is 98.9 cm³/mol. The molecule has 4 rings (SSSR count). The summed E-state index contributed by atoms with van der Waals surface area (Å²) < 4.78 is 32.5. The number of benzene rings is 1. The van der Waals surface area contributed by atoms with E-state index in [0.29, 0.717) is 26.2 Å². The van der Waals surface area contributed by atoms with Crippen LogP contribution >= 0.6 is 11.6 Å². The van der Waals surface area contributed by atoms with Crippen LogP contribution in [0, 0.1) is 0 Å². The zero-order valence-corrected chi connectivity index (χ0v) is 15.8. The van der Waals surface area contributed by atoms with E-state index in [1.807, 2.05) is 6.07 Å². The molecule has 0 radical (unpaired) electrons. The standard InChI is InChI=1S/C18H20ClN3O3S/c19-18-4-2-16(12-20-18)26(23,24)22-8-6-21(7-9-22)13-14-1-3-17-15(11-14)5-10-25-17/h1-4,11-12H,5-10,13H2. The van der Waals surface area contributed by atoms with Crippen molar-refractivity contribution in [3.63, 3.8) is 0 Å². The lowest BCUT2D eigenvalue weighted by atomic mass is 10.1. The number of rotatable bonds is 4. The van der Waals surface area contributed by atoms with Crippen molar-refractivity contribution >= 4 is 21.6 Å². The van der Waals surface area contributed by atoms with Gasteiger partial charge in [-0.25, -0.2) is 13.4 Å². The molecule has 0 saturated carbocycles. The lowest BCUT2D eigenvalue weighted by molar-refractivity contribution is 0.181. The maximum atomic E-state index is 12.7. The van der Waals surface area contributed by atoms with Crippen molar-refractivity contribution in [3.8, 4) is 5.75 Å². The molecular weight excluding hydrogens is 374 g/mol. The Morgan fingerprint density at radius 2 is 1.92 bits per heavy atom. The second-order valence-corrected chi connectivity index (χ2v) is 8.86. The Labute approximate surface area is 158 Å². The summed E-state index contributed by atoms with van der Waals surface area (Å²) in [6.45, 7) is 3.93. The zero-order valence-electron chi connectivity index (χ0n) is 14.3. The summed E-state index contributed by atoms with van der Waals surface area (Å²) in [5, 5.41) is 0.286. The molecule has 1 aromatic heterocycles. The molecule has 2 aliphatic heterocycles. The highest BCUT2D eigenvalue weighted by Gasteiger charge is 2.28. The van der Waals surface area contributed by atoms with Gasteiger partial charge in [0.2, 0.25) is 10.0 Å². The fourth-order valence-corrected chi connectivity index (χ4v) is 4.87. The first-order valence-electron chi connectivity index (χ1n) is 8.61. The fourth-order valence-electron chi connectivity index (χ4n) is 3.39. The molecular formula is C18H20ClN3O3S. The Kier molecular flexibility index (Phi) is 4.88. The first kappa shape index (κ1) is 17.7. The molecule has 0 amide bonds. The summed E-state index contributed by atoms with van der Waals surface area (Å²) in [5.41, 5.74) is 2.51. The van der Waals surface area contributed by atoms with Crippen LogP contribution in [0.2, 0.25) is 5.15 Å². The van der Waals surface area contributed by atoms with Crippen molar-refractivity contribution in [2.45, 2.75) is 17.9 Å². The molecule has 1 aromatic carbocycles. The molecule has 2 aromatic rings. The minimum atomic E-state index is -3.51. The zero-order chi connectivity index (χ0) is 18.1. The highest BCUT2D eigenvalue weighted by atomic mass is 35.5. The number of hydrogen-bond donors (Lipinski definition) is 0. The van der Waals surface area contributed by atoms with Crippen LogP contribution in [-0.4, -0.2) is 55.4 Å². The van der Waals surface area contributed by atoms with Gasteiger partial charge in [-0.15, -0.1) is 0 Å². The first-order chi connectivity index (χ1) is 12.5. The molecule has 138 valence electrons. The van der Waals surface area contributed by atoms with E-state index in [-0.39, 0.29) is 10.0 Å². The second-order valence-electron chi connectivity index (χ2n) is 6.54. The number of aromatic nitrogens is 1. The summed E-state index contributed by atoms with van der Waals surface area (Å²) in [7, 11) is -3.51. The molecule has 1 fully saturated rings.